The number of hydrogen-bond donors (Lipinski definition) is 0. The summed E-state index contributed by atoms with van der Waals surface area (Å²) in [6.45, 7) is 6.38. The second kappa shape index (κ2) is 7.00. The zero-order valence-corrected chi connectivity index (χ0v) is 15.6. The molecule has 0 aliphatic carbocycles. The SMILES string of the molecule is Cc1c(-c2ccc([C@@H](C)N3CCCCC3)cc2)c(=O)n(C)c(=O)n1C. The van der Waals surface area contributed by atoms with E-state index in [2.05, 4.69) is 24.0 Å². The van der Waals surface area contributed by atoms with Gasteiger partial charge < -0.3 is 4.57 Å². The second-order valence-corrected chi connectivity index (χ2v) is 7.06. The molecule has 0 spiro atoms. The first-order chi connectivity index (χ1) is 11.9. The molecule has 3 rings (SSSR count). The summed E-state index contributed by atoms with van der Waals surface area (Å²) in [4.78, 5) is 27.1. The third kappa shape index (κ3) is 3.21. The maximum Gasteiger partial charge on any atom is 0.330 e. The highest BCUT2D eigenvalue weighted by Gasteiger charge is 2.19. The van der Waals surface area contributed by atoms with Gasteiger partial charge >= 0.3 is 5.69 Å². The summed E-state index contributed by atoms with van der Waals surface area (Å²) in [6, 6.07) is 8.61. The Kier molecular flexibility index (Phi) is 4.95. The monoisotopic (exact) mass is 341 g/mol. The maximum atomic E-state index is 12.6. The quantitative estimate of drug-likeness (QED) is 0.862. The van der Waals surface area contributed by atoms with Crippen LogP contribution in [0.1, 0.15) is 43.5 Å². The van der Waals surface area contributed by atoms with Gasteiger partial charge in [0.1, 0.15) is 0 Å². The molecule has 0 saturated carbocycles. The number of aromatic nitrogens is 2. The molecule has 2 aromatic rings. The molecule has 0 radical (unpaired) electrons. The molecule has 1 aromatic carbocycles. The number of nitrogens with zero attached hydrogens (tertiary/aromatic N) is 3. The normalized spacial score (nSPS) is 16.8. The molecule has 1 aliphatic rings. The van der Waals surface area contributed by atoms with Gasteiger partial charge in [0, 0.05) is 25.8 Å². The van der Waals surface area contributed by atoms with Gasteiger partial charge in [0.25, 0.3) is 5.56 Å². The average molecular weight is 341 g/mol. The molecule has 0 amide bonds. The van der Waals surface area contributed by atoms with E-state index in [1.54, 1.807) is 7.05 Å². The van der Waals surface area contributed by atoms with Gasteiger partial charge in [0.15, 0.2) is 0 Å². The summed E-state index contributed by atoms with van der Waals surface area (Å²) >= 11 is 0. The molecule has 1 aliphatic heterocycles. The van der Waals surface area contributed by atoms with Gasteiger partial charge in [-0.15, -0.1) is 0 Å². The molecule has 2 heterocycles. The summed E-state index contributed by atoms with van der Waals surface area (Å²) in [7, 11) is 3.23. The highest BCUT2D eigenvalue weighted by molar-refractivity contribution is 5.65. The Labute approximate surface area is 148 Å². The topological polar surface area (TPSA) is 47.2 Å². The summed E-state index contributed by atoms with van der Waals surface area (Å²) in [5, 5.41) is 0. The summed E-state index contributed by atoms with van der Waals surface area (Å²) in [6.07, 6.45) is 3.88. The first-order valence-corrected chi connectivity index (χ1v) is 9.03. The minimum Gasteiger partial charge on any atom is -0.300 e. The van der Waals surface area contributed by atoms with Crippen molar-refractivity contribution in [3.63, 3.8) is 0 Å². The Morgan fingerprint density at radius 3 is 2.12 bits per heavy atom. The van der Waals surface area contributed by atoms with Crippen molar-refractivity contribution in [1.29, 1.82) is 0 Å². The van der Waals surface area contributed by atoms with Gasteiger partial charge in [-0.05, 0) is 50.9 Å². The summed E-state index contributed by atoms with van der Waals surface area (Å²) < 4.78 is 2.70. The van der Waals surface area contributed by atoms with Gasteiger partial charge in [-0.1, -0.05) is 30.7 Å². The predicted molar refractivity (Wildman–Crippen MR) is 101 cm³/mol. The van der Waals surface area contributed by atoms with Crippen molar-refractivity contribution in [3.05, 3.63) is 56.4 Å². The van der Waals surface area contributed by atoms with Gasteiger partial charge in [-0.3, -0.25) is 14.3 Å². The van der Waals surface area contributed by atoms with Crippen LogP contribution < -0.4 is 11.2 Å². The molecular formula is C20H27N3O2. The van der Waals surface area contributed by atoms with Crippen LogP contribution in [0.25, 0.3) is 11.1 Å². The molecule has 1 saturated heterocycles. The lowest BCUT2D eigenvalue weighted by Gasteiger charge is -2.32. The van der Waals surface area contributed by atoms with Gasteiger partial charge in [0.05, 0.1) is 5.56 Å². The third-order valence-electron chi connectivity index (χ3n) is 5.58. The molecule has 25 heavy (non-hydrogen) atoms. The molecule has 0 unspecified atom stereocenters. The third-order valence-corrected chi connectivity index (χ3v) is 5.58. The Morgan fingerprint density at radius 2 is 1.52 bits per heavy atom. The second-order valence-electron chi connectivity index (χ2n) is 7.06. The molecule has 1 atom stereocenters. The predicted octanol–water partition coefficient (Wildman–Crippen LogP) is 2.61. The van der Waals surface area contributed by atoms with Crippen molar-refractivity contribution >= 4 is 0 Å². The largest absolute Gasteiger partial charge is 0.330 e. The van der Waals surface area contributed by atoms with Crippen LogP contribution in [0, 0.1) is 6.92 Å². The molecule has 134 valence electrons. The molecule has 0 N–H and O–H groups in total. The molecule has 1 aromatic heterocycles. The van der Waals surface area contributed by atoms with E-state index in [1.165, 1.54) is 41.0 Å². The van der Waals surface area contributed by atoms with Crippen LogP contribution in [0.3, 0.4) is 0 Å². The number of benzene rings is 1. The van der Waals surface area contributed by atoms with Gasteiger partial charge in [-0.2, -0.15) is 0 Å². The van der Waals surface area contributed by atoms with E-state index in [4.69, 9.17) is 0 Å². The van der Waals surface area contributed by atoms with Crippen LogP contribution >= 0.6 is 0 Å². The maximum absolute atomic E-state index is 12.6. The standard InChI is InChI=1S/C20H27N3O2/c1-14(23-12-6-5-7-13-23)16-8-10-17(11-9-16)18-15(2)21(3)20(25)22(4)19(18)24/h8-11,14H,5-7,12-13H2,1-4H3/t14-/m1/s1. The lowest BCUT2D eigenvalue weighted by atomic mass is 9.99. The smallest absolute Gasteiger partial charge is 0.300 e. The zero-order valence-electron chi connectivity index (χ0n) is 15.6. The van der Waals surface area contributed by atoms with E-state index in [9.17, 15) is 9.59 Å². The number of piperidine rings is 1. The van der Waals surface area contributed by atoms with Crippen LogP contribution in [0.4, 0.5) is 0 Å². The molecular weight excluding hydrogens is 314 g/mol. The molecule has 1 fully saturated rings. The van der Waals surface area contributed by atoms with Crippen LogP contribution in [-0.2, 0) is 14.1 Å². The fourth-order valence-corrected chi connectivity index (χ4v) is 3.72. The van der Waals surface area contributed by atoms with Crippen LogP contribution in [-0.4, -0.2) is 27.1 Å². The number of hydrogen-bond acceptors (Lipinski definition) is 3. The summed E-state index contributed by atoms with van der Waals surface area (Å²) in [5.41, 5.74) is 2.90. The van der Waals surface area contributed by atoms with Crippen molar-refractivity contribution in [2.24, 2.45) is 14.1 Å². The fraction of sp³-hybridized carbons (Fsp3) is 0.500. The van der Waals surface area contributed by atoms with E-state index in [1.807, 2.05) is 19.1 Å². The molecule has 5 nitrogen and oxygen atoms in total. The minimum atomic E-state index is -0.290. The highest BCUT2D eigenvalue weighted by atomic mass is 16.2. The lowest BCUT2D eigenvalue weighted by molar-refractivity contribution is 0.175. The van der Waals surface area contributed by atoms with Crippen LogP contribution in [0.5, 0.6) is 0 Å². The average Bonchev–Trinajstić information content (AvgIpc) is 2.65. The van der Waals surface area contributed by atoms with Gasteiger partial charge in [-0.25, -0.2) is 4.79 Å². The van der Waals surface area contributed by atoms with E-state index in [0.29, 0.717) is 17.3 Å². The molecule has 0 bridgehead atoms. The van der Waals surface area contributed by atoms with Crippen molar-refractivity contribution in [1.82, 2.24) is 14.0 Å². The van der Waals surface area contributed by atoms with Crippen LogP contribution in [0.15, 0.2) is 33.9 Å². The Morgan fingerprint density at radius 1 is 0.920 bits per heavy atom. The fourth-order valence-electron chi connectivity index (χ4n) is 3.72. The van der Waals surface area contributed by atoms with Crippen LogP contribution in [0.2, 0.25) is 0 Å². The Hall–Kier alpha value is -2.14. The van der Waals surface area contributed by atoms with E-state index in [-0.39, 0.29) is 11.2 Å². The van der Waals surface area contributed by atoms with Crippen molar-refractivity contribution in [2.45, 2.75) is 39.2 Å². The Balaban J connectivity index is 1.96. The first kappa shape index (κ1) is 17.7. The highest BCUT2D eigenvalue weighted by Crippen LogP contribution is 2.26. The molecule has 5 heteroatoms. The van der Waals surface area contributed by atoms with Crippen molar-refractivity contribution in [2.75, 3.05) is 13.1 Å². The van der Waals surface area contributed by atoms with E-state index < -0.39 is 0 Å². The van der Waals surface area contributed by atoms with E-state index in [0.717, 1.165) is 18.7 Å². The first-order valence-electron chi connectivity index (χ1n) is 9.03. The van der Waals surface area contributed by atoms with Gasteiger partial charge in [0.2, 0.25) is 0 Å². The lowest BCUT2D eigenvalue weighted by Crippen LogP contribution is -2.39. The zero-order chi connectivity index (χ0) is 18.1. The van der Waals surface area contributed by atoms with Crippen molar-refractivity contribution < 1.29 is 0 Å². The number of rotatable bonds is 3. The minimum absolute atomic E-state index is 0.238. The Bertz CT molecular complexity index is 872. The number of likely N-dealkylation sites (tertiary alicyclic amines) is 1. The summed E-state index contributed by atoms with van der Waals surface area (Å²) in [5.74, 6) is 0. The van der Waals surface area contributed by atoms with Crippen molar-refractivity contribution in [3.8, 4) is 11.1 Å². The van der Waals surface area contributed by atoms with E-state index >= 15 is 0 Å².